The predicted molar refractivity (Wildman–Crippen MR) is 133 cm³/mol. The third-order valence-corrected chi connectivity index (χ3v) is 6.36. The highest BCUT2D eigenvalue weighted by Crippen LogP contribution is 2.32. The van der Waals surface area contributed by atoms with Crippen molar-refractivity contribution in [2.24, 2.45) is 0 Å². The number of fused-ring (bicyclic) bond motifs is 1. The van der Waals surface area contributed by atoms with Gasteiger partial charge < -0.3 is 4.90 Å². The monoisotopic (exact) mass is 519 g/mol. The van der Waals surface area contributed by atoms with Crippen LogP contribution in [0.1, 0.15) is 16.1 Å². The minimum Gasteiger partial charge on any atom is -0.308 e. The number of carbonyl (C=O) groups is 1. The first-order valence-corrected chi connectivity index (χ1v) is 11.2. The lowest BCUT2D eigenvalue weighted by molar-refractivity contribution is 0.0984. The van der Waals surface area contributed by atoms with Gasteiger partial charge in [0.1, 0.15) is 0 Å². The molecule has 2 heterocycles. The van der Waals surface area contributed by atoms with E-state index in [0.29, 0.717) is 17.2 Å². The molecule has 0 fully saturated rings. The summed E-state index contributed by atoms with van der Waals surface area (Å²) in [6, 6.07) is 15.8. The summed E-state index contributed by atoms with van der Waals surface area (Å²) in [5, 5.41) is 5.16. The molecule has 4 aromatic rings. The van der Waals surface area contributed by atoms with Crippen molar-refractivity contribution in [3.05, 3.63) is 70.5 Å². The maximum absolute atomic E-state index is 13.6. The standard InChI is InChI=1S/C22H22BrN5OS.ClH/c1-15-18(14-24-28(15)17-7-5-4-6-8-17)21(29)27(12-11-26(2)3)22-25-19-10-9-16(23)13-20(19)30-22;/h4-10,13-14H,11-12H2,1-3H3;1H. The lowest BCUT2D eigenvalue weighted by Gasteiger charge is -2.21. The van der Waals surface area contributed by atoms with Crippen LogP contribution in [0.25, 0.3) is 15.9 Å². The second-order valence-corrected chi connectivity index (χ2v) is 9.18. The van der Waals surface area contributed by atoms with E-state index in [4.69, 9.17) is 4.98 Å². The summed E-state index contributed by atoms with van der Waals surface area (Å²) in [5.74, 6) is -0.0883. The first-order chi connectivity index (χ1) is 14.4. The second kappa shape index (κ2) is 9.91. The molecule has 1 amide bonds. The summed E-state index contributed by atoms with van der Waals surface area (Å²) >= 11 is 5.03. The molecular formula is C22H23BrClN5OS. The molecule has 6 nitrogen and oxygen atoms in total. The van der Waals surface area contributed by atoms with E-state index in [9.17, 15) is 4.79 Å². The summed E-state index contributed by atoms with van der Waals surface area (Å²) in [6.07, 6.45) is 1.65. The largest absolute Gasteiger partial charge is 0.308 e. The Labute approximate surface area is 200 Å². The number of hydrogen-bond acceptors (Lipinski definition) is 5. The lowest BCUT2D eigenvalue weighted by Crippen LogP contribution is -2.37. The van der Waals surface area contributed by atoms with Gasteiger partial charge in [0, 0.05) is 17.6 Å². The number of para-hydroxylation sites is 1. The molecule has 2 aromatic heterocycles. The average Bonchev–Trinajstić information content (AvgIpc) is 3.31. The van der Waals surface area contributed by atoms with Gasteiger partial charge in [-0.15, -0.1) is 12.4 Å². The van der Waals surface area contributed by atoms with Gasteiger partial charge in [0.05, 0.1) is 33.4 Å². The molecule has 0 aliphatic heterocycles. The van der Waals surface area contributed by atoms with E-state index in [2.05, 4.69) is 25.9 Å². The highest BCUT2D eigenvalue weighted by atomic mass is 79.9. The molecule has 162 valence electrons. The molecular weight excluding hydrogens is 498 g/mol. The quantitative estimate of drug-likeness (QED) is 0.351. The zero-order chi connectivity index (χ0) is 21.3. The molecule has 0 unspecified atom stereocenters. The number of benzene rings is 2. The van der Waals surface area contributed by atoms with Crippen LogP contribution in [0.2, 0.25) is 0 Å². The van der Waals surface area contributed by atoms with E-state index < -0.39 is 0 Å². The molecule has 0 aliphatic rings. The predicted octanol–water partition coefficient (Wildman–Crippen LogP) is 5.18. The fourth-order valence-electron chi connectivity index (χ4n) is 3.18. The van der Waals surface area contributed by atoms with Gasteiger partial charge in [0.15, 0.2) is 5.13 Å². The third kappa shape index (κ3) is 4.98. The first-order valence-electron chi connectivity index (χ1n) is 9.57. The molecule has 0 atom stereocenters. The van der Waals surface area contributed by atoms with Gasteiger partial charge in [-0.1, -0.05) is 45.5 Å². The maximum atomic E-state index is 13.6. The van der Waals surface area contributed by atoms with Gasteiger partial charge in [-0.3, -0.25) is 9.69 Å². The molecule has 31 heavy (non-hydrogen) atoms. The molecule has 2 aromatic carbocycles. The molecule has 4 rings (SSSR count). The number of halogens is 2. The van der Waals surface area contributed by atoms with Gasteiger partial charge in [-0.25, -0.2) is 9.67 Å². The zero-order valence-electron chi connectivity index (χ0n) is 17.4. The van der Waals surface area contributed by atoms with E-state index >= 15 is 0 Å². The van der Waals surface area contributed by atoms with Crippen LogP contribution in [0.15, 0.2) is 59.2 Å². The van der Waals surface area contributed by atoms with Crippen molar-refractivity contribution in [2.45, 2.75) is 6.92 Å². The minimum atomic E-state index is -0.0883. The van der Waals surface area contributed by atoms with Crippen LogP contribution in [-0.2, 0) is 0 Å². The Morgan fingerprint density at radius 1 is 1.13 bits per heavy atom. The highest BCUT2D eigenvalue weighted by molar-refractivity contribution is 9.10. The highest BCUT2D eigenvalue weighted by Gasteiger charge is 2.25. The van der Waals surface area contributed by atoms with Crippen LogP contribution in [0.5, 0.6) is 0 Å². The second-order valence-electron chi connectivity index (χ2n) is 7.26. The lowest BCUT2D eigenvalue weighted by atomic mass is 10.2. The Morgan fingerprint density at radius 3 is 2.58 bits per heavy atom. The molecule has 9 heteroatoms. The average molecular weight is 521 g/mol. The van der Waals surface area contributed by atoms with Crippen molar-refractivity contribution in [3.63, 3.8) is 0 Å². The summed E-state index contributed by atoms with van der Waals surface area (Å²) in [7, 11) is 3.99. The Bertz CT molecular complexity index is 1190. The van der Waals surface area contributed by atoms with Gasteiger partial charge >= 0.3 is 0 Å². The fourth-order valence-corrected chi connectivity index (χ4v) is 4.72. The van der Waals surface area contributed by atoms with E-state index in [-0.39, 0.29) is 18.3 Å². The molecule has 0 saturated heterocycles. The molecule has 0 bridgehead atoms. The Hall–Kier alpha value is -2.26. The number of likely N-dealkylation sites (N-methyl/N-ethyl adjacent to an activating group) is 1. The van der Waals surface area contributed by atoms with E-state index in [1.54, 1.807) is 15.8 Å². The molecule has 0 radical (unpaired) electrons. The number of hydrogen-bond donors (Lipinski definition) is 0. The van der Waals surface area contributed by atoms with Crippen molar-refractivity contribution in [2.75, 3.05) is 32.1 Å². The van der Waals surface area contributed by atoms with Crippen LogP contribution in [0, 0.1) is 6.92 Å². The third-order valence-electron chi connectivity index (χ3n) is 4.83. The van der Waals surface area contributed by atoms with Crippen LogP contribution in [0.3, 0.4) is 0 Å². The van der Waals surface area contributed by atoms with Crippen molar-refractivity contribution in [3.8, 4) is 5.69 Å². The summed E-state index contributed by atoms with van der Waals surface area (Å²) in [5.41, 5.74) is 3.21. The molecule has 0 saturated carbocycles. The van der Waals surface area contributed by atoms with Gasteiger partial charge in [-0.2, -0.15) is 5.10 Å². The first kappa shape index (κ1) is 23.4. The Balaban J connectivity index is 0.00000272. The number of amides is 1. The minimum absolute atomic E-state index is 0. The summed E-state index contributed by atoms with van der Waals surface area (Å²) < 4.78 is 3.84. The molecule has 0 spiro atoms. The number of carbonyl (C=O) groups excluding carboxylic acids is 1. The van der Waals surface area contributed by atoms with Gasteiger partial charge in [0.25, 0.3) is 5.91 Å². The normalized spacial score (nSPS) is 11.0. The summed E-state index contributed by atoms with van der Waals surface area (Å²) in [6.45, 7) is 3.20. The van der Waals surface area contributed by atoms with Crippen molar-refractivity contribution in [1.29, 1.82) is 0 Å². The Kier molecular flexibility index (Phi) is 7.48. The van der Waals surface area contributed by atoms with Crippen LogP contribution >= 0.6 is 39.7 Å². The van der Waals surface area contributed by atoms with E-state index in [1.807, 2.05) is 69.6 Å². The van der Waals surface area contributed by atoms with Gasteiger partial charge in [-0.05, 0) is 51.4 Å². The number of thiazole rings is 1. The number of anilines is 1. The summed E-state index contributed by atoms with van der Waals surface area (Å²) in [4.78, 5) is 22.1. The molecule has 0 aliphatic carbocycles. The Morgan fingerprint density at radius 2 is 1.87 bits per heavy atom. The SMILES string of the molecule is Cc1c(C(=O)N(CCN(C)C)c2nc3ccc(Br)cc3s2)cnn1-c1ccccc1.Cl. The number of aromatic nitrogens is 3. The number of nitrogens with zero attached hydrogens (tertiary/aromatic N) is 5. The topological polar surface area (TPSA) is 54.3 Å². The maximum Gasteiger partial charge on any atom is 0.263 e. The smallest absolute Gasteiger partial charge is 0.263 e. The molecule has 0 N–H and O–H groups in total. The van der Waals surface area contributed by atoms with E-state index in [0.717, 1.165) is 32.6 Å². The van der Waals surface area contributed by atoms with E-state index in [1.165, 1.54) is 11.3 Å². The van der Waals surface area contributed by atoms with Crippen molar-refractivity contribution < 1.29 is 4.79 Å². The van der Waals surface area contributed by atoms with Crippen molar-refractivity contribution in [1.82, 2.24) is 19.7 Å². The van der Waals surface area contributed by atoms with Crippen LogP contribution in [0.4, 0.5) is 5.13 Å². The van der Waals surface area contributed by atoms with Gasteiger partial charge in [0.2, 0.25) is 0 Å². The fraction of sp³-hybridized carbons (Fsp3) is 0.227. The number of rotatable bonds is 6. The van der Waals surface area contributed by atoms with Crippen LogP contribution in [-0.4, -0.2) is 52.8 Å². The van der Waals surface area contributed by atoms with Crippen LogP contribution < -0.4 is 4.90 Å². The van der Waals surface area contributed by atoms with Crippen molar-refractivity contribution >= 4 is 60.9 Å². The zero-order valence-corrected chi connectivity index (χ0v) is 20.7.